The van der Waals surface area contributed by atoms with E-state index < -0.39 is 6.04 Å². The Morgan fingerprint density at radius 2 is 2.15 bits per heavy atom. The zero-order valence-electron chi connectivity index (χ0n) is 11.6. The van der Waals surface area contributed by atoms with Crippen LogP contribution in [0.1, 0.15) is 24.9 Å². The van der Waals surface area contributed by atoms with Crippen molar-refractivity contribution in [3.05, 3.63) is 45.3 Å². The van der Waals surface area contributed by atoms with Gasteiger partial charge in [0.2, 0.25) is 0 Å². The largest absolute Gasteiger partial charge is 0.468 e. The van der Waals surface area contributed by atoms with Gasteiger partial charge < -0.3 is 4.74 Å². The van der Waals surface area contributed by atoms with Gasteiger partial charge in [-0.25, -0.2) is 4.79 Å². The topological polar surface area (TPSA) is 29.5 Å². The quantitative estimate of drug-likeness (QED) is 0.685. The van der Waals surface area contributed by atoms with Crippen molar-refractivity contribution >= 4 is 30.2 Å². The molecule has 0 saturated heterocycles. The van der Waals surface area contributed by atoms with Crippen LogP contribution in [0.2, 0.25) is 5.02 Å². The molecule has 5 heteroatoms. The highest BCUT2D eigenvalue weighted by molar-refractivity contribution is 7.84. The van der Waals surface area contributed by atoms with Gasteiger partial charge in [-0.15, -0.1) is 12.6 Å². The van der Waals surface area contributed by atoms with E-state index in [1.54, 1.807) is 6.07 Å². The average Bonchev–Trinajstić information content (AvgIpc) is 2.44. The van der Waals surface area contributed by atoms with Crippen molar-refractivity contribution in [2.75, 3.05) is 20.2 Å². The third kappa shape index (κ3) is 3.19. The number of nitrogens with zero attached hydrogens (tertiary/aromatic N) is 1. The Labute approximate surface area is 130 Å². The van der Waals surface area contributed by atoms with E-state index in [0.717, 1.165) is 23.4 Å². The van der Waals surface area contributed by atoms with E-state index in [0.29, 0.717) is 11.6 Å². The lowest BCUT2D eigenvalue weighted by Crippen LogP contribution is -2.39. The minimum absolute atomic E-state index is 0.284. The first-order valence-corrected chi connectivity index (χ1v) is 7.31. The van der Waals surface area contributed by atoms with Gasteiger partial charge in [-0.2, -0.15) is 0 Å². The maximum Gasteiger partial charge on any atom is 0.327 e. The summed E-state index contributed by atoms with van der Waals surface area (Å²) in [6.07, 6.45) is 0.840. The van der Waals surface area contributed by atoms with Crippen molar-refractivity contribution in [3.63, 3.8) is 0 Å². The molecule has 1 aliphatic rings. The number of esters is 1. The Bertz CT molecular complexity index is 544. The molecule has 0 bridgehead atoms. The summed E-state index contributed by atoms with van der Waals surface area (Å²) in [6, 6.07) is 6.94. The first-order chi connectivity index (χ1) is 9.54. The van der Waals surface area contributed by atoms with Gasteiger partial charge in [0, 0.05) is 18.1 Å². The van der Waals surface area contributed by atoms with Gasteiger partial charge >= 0.3 is 5.97 Å². The van der Waals surface area contributed by atoms with Crippen LogP contribution in [0.3, 0.4) is 0 Å². The first kappa shape index (κ1) is 15.4. The molecule has 3 nitrogen and oxygen atoms in total. The third-order valence-corrected chi connectivity index (χ3v) is 4.51. The minimum atomic E-state index is -0.468. The molecule has 1 atom stereocenters. The highest BCUT2D eigenvalue weighted by Gasteiger charge is 2.31. The zero-order valence-corrected chi connectivity index (χ0v) is 13.2. The molecule has 0 fully saturated rings. The molecule has 108 valence electrons. The Morgan fingerprint density at radius 3 is 2.75 bits per heavy atom. The van der Waals surface area contributed by atoms with E-state index in [1.807, 2.05) is 25.1 Å². The molecule has 0 spiro atoms. The van der Waals surface area contributed by atoms with Crippen LogP contribution in [0.25, 0.3) is 0 Å². The zero-order chi connectivity index (χ0) is 14.7. The molecule has 1 aromatic carbocycles. The number of carbonyl (C=O) groups is 1. The second-order valence-electron chi connectivity index (χ2n) is 4.89. The van der Waals surface area contributed by atoms with E-state index in [1.165, 1.54) is 12.7 Å². The number of methoxy groups -OCH3 is 1. The van der Waals surface area contributed by atoms with Crippen molar-refractivity contribution in [2.24, 2.45) is 0 Å². The van der Waals surface area contributed by atoms with Crippen LogP contribution < -0.4 is 0 Å². The Hall–Kier alpha value is -0.970. The summed E-state index contributed by atoms with van der Waals surface area (Å²) in [5, 5.41) is 0.584. The molecule has 1 heterocycles. The standard InChI is InChI=1S/C15H18ClNO2S/c1-10-9-17(8-7-13(10)20)14(15(18)19-2)11-5-3-4-6-12(11)16/h3-6,14,20H,7-9H2,1-2H3/t14-/m0/s1. The highest BCUT2D eigenvalue weighted by Crippen LogP contribution is 2.32. The summed E-state index contributed by atoms with van der Waals surface area (Å²) >= 11 is 10.7. The summed E-state index contributed by atoms with van der Waals surface area (Å²) in [4.78, 5) is 15.4. The number of benzene rings is 1. The number of rotatable bonds is 3. The van der Waals surface area contributed by atoms with Gasteiger partial charge in [0.25, 0.3) is 0 Å². The number of thiol groups is 1. The minimum Gasteiger partial charge on any atom is -0.468 e. The van der Waals surface area contributed by atoms with Crippen LogP contribution in [0, 0.1) is 0 Å². The Balaban J connectivity index is 2.35. The molecule has 0 aliphatic carbocycles. The third-order valence-electron chi connectivity index (χ3n) is 3.56. The lowest BCUT2D eigenvalue weighted by Gasteiger charge is -2.34. The van der Waals surface area contributed by atoms with Gasteiger partial charge in [-0.1, -0.05) is 29.8 Å². The van der Waals surface area contributed by atoms with E-state index in [9.17, 15) is 4.79 Å². The average molecular weight is 312 g/mol. The van der Waals surface area contributed by atoms with Gasteiger partial charge in [0.1, 0.15) is 6.04 Å². The Morgan fingerprint density at radius 1 is 1.45 bits per heavy atom. The molecule has 1 aromatic rings. The fraction of sp³-hybridized carbons (Fsp3) is 0.400. The van der Waals surface area contributed by atoms with Crippen LogP contribution >= 0.6 is 24.2 Å². The second-order valence-corrected chi connectivity index (χ2v) is 5.84. The first-order valence-electron chi connectivity index (χ1n) is 6.48. The lowest BCUT2D eigenvalue weighted by molar-refractivity contribution is -0.147. The van der Waals surface area contributed by atoms with Crippen LogP contribution in [-0.2, 0) is 9.53 Å². The van der Waals surface area contributed by atoms with Crippen molar-refractivity contribution in [1.82, 2.24) is 4.90 Å². The predicted molar refractivity (Wildman–Crippen MR) is 84.1 cm³/mol. The number of hydrogen-bond donors (Lipinski definition) is 1. The monoisotopic (exact) mass is 311 g/mol. The summed E-state index contributed by atoms with van der Waals surface area (Å²) in [5.41, 5.74) is 1.97. The smallest absolute Gasteiger partial charge is 0.327 e. The SMILES string of the molecule is COC(=O)[C@H](c1ccccc1Cl)N1CCC(S)=C(C)C1. The predicted octanol–water partition coefficient (Wildman–Crippen LogP) is 3.46. The molecule has 0 N–H and O–H groups in total. The number of hydrogen-bond acceptors (Lipinski definition) is 4. The molecule has 0 saturated carbocycles. The number of halogens is 1. The summed E-state index contributed by atoms with van der Waals surface area (Å²) < 4.78 is 4.96. The summed E-state index contributed by atoms with van der Waals surface area (Å²) in [6.45, 7) is 3.50. The molecular weight excluding hydrogens is 294 g/mol. The molecular formula is C15H18ClNO2S. The van der Waals surface area contributed by atoms with Crippen LogP contribution in [0.15, 0.2) is 34.7 Å². The number of ether oxygens (including phenoxy) is 1. The van der Waals surface area contributed by atoms with Gasteiger partial charge in [-0.05, 0) is 35.5 Å². The Kier molecular flexibility index (Phi) is 5.13. The molecule has 20 heavy (non-hydrogen) atoms. The van der Waals surface area contributed by atoms with Crippen molar-refractivity contribution < 1.29 is 9.53 Å². The normalized spacial score (nSPS) is 18.0. The molecule has 2 rings (SSSR count). The maximum absolute atomic E-state index is 12.2. The van der Waals surface area contributed by atoms with Crippen molar-refractivity contribution in [3.8, 4) is 0 Å². The highest BCUT2D eigenvalue weighted by atomic mass is 35.5. The van der Waals surface area contributed by atoms with Gasteiger partial charge in [-0.3, -0.25) is 4.90 Å². The number of carbonyl (C=O) groups excluding carboxylic acids is 1. The molecule has 0 radical (unpaired) electrons. The van der Waals surface area contributed by atoms with Crippen LogP contribution in [0.5, 0.6) is 0 Å². The molecule has 0 amide bonds. The van der Waals surface area contributed by atoms with E-state index >= 15 is 0 Å². The fourth-order valence-corrected chi connectivity index (χ4v) is 2.85. The van der Waals surface area contributed by atoms with Gasteiger partial charge in [0.05, 0.1) is 7.11 Å². The van der Waals surface area contributed by atoms with Crippen molar-refractivity contribution in [1.29, 1.82) is 0 Å². The van der Waals surface area contributed by atoms with Gasteiger partial charge in [0.15, 0.2) is 0 Å². The fourth-order valence-electron chi connectivity index (χ4n) is 2.44. The van der Waals surface area contributed by atoms with E-state index in [-0.39, 0.29) is 5.97 Å². The van der Waals surface area contributed by atoms with Crippen LogP contribution in [-0.4, -0.2) is 31.1 Å². The summed E-state index contributed by atoms with van der Waals surface area (Å²) in [5.74, 6) is -0.284. The maximum atomic E-state index is 12.2. The molecule has 0 unspecified atom stereocenters. The lowest BCUT2D eigenvalue weighted by atomic mass is 10.0. The summed E-state index contributed by atoms with van der Waals surface area (Å²) in [7, 11) is 1.41. The van der Waals surface area contributed by atoms with Crippen LogP contribution in [0.4, 0.5) is 0 Å². The molecule has 1 aliphatic heterocycles. The molecule has 0 aromatic heterocycles. The van der Waals surface area contributed by atoms with E-state index in [2.05, 4.69) is 17.5 Å². The van der Waals surface area contributed by atoms with E-state index in [4.69, 9.17) is 16.3 Å². The van der Waals surface area contributed by atoms with Crippen molar-refractivity contribution in [2.45, 2.75) is 19.4 Å². The second kappa shape index (κ2) is 6.66.